The van der Waals surface area contributed by atoms with Crippen LogP contribution in [0.3, 0.4) is 0 Å². The zero-order valence-electron chi connectivity index (χ0n) is 11.6. The predicted molar refractivity (Wildman–Crippen MR) is 95.5 cm³/mol. The second kappa shape index (κ2) is 9.44. The molecule has 1 aliphatic heterocycles. The van der Waals surface area contributed by atoms with E-state index < -0.39 is 0 Å². The molecule has 2 N–H and O–H groups in total. The summed E-state index contributed by atoms with van der Waals surface area (Å²) in [5.74, 6) is 1.81. The van der Waals surface area contributed by atoms with Gasteiger partial charge in [-0.2, -0.15) is 11.8 Å². The van der Waals surface area contributed by atoms with Gasteiger partial charge in [0, 0.05) is 31.0 Å². The van der Waals surface area contributed by atoms with Crippen LogP contribution in [0.5, 0.6) is 0 Å². The highest BCUT2D eigenvalue weighted by Gasteiger charge is 2.15. The minimum absolute atomic E-state index is 0. The van der Waals surface area contributed by atoms with Crippen LogP contribution in [-0.4, -0.2) is 30.6 Å². The minimum Gasteiger partial charge on any atom is -0.355 e. The lowest BCUT2D eigenvalue weighted by atomic mass is 10.2. The Morgan fingerprint density at radius 1 is 1.40 bits per heavy atom. The fourth-order valence-corrected chi connectivity index (χ4v) is 3.26. The number of guanidine groups is 1. The molecule has 1 fully saturated rings. The minimum atomic E-state index is -0.184. The van der Waals surface area contributed by atoms with E-state index in [4.69, 9.17) is 0 Å². The molecule has 0 radical (unpaired) electrons. The van der Waals surface area contributed by atoms with Gasteiger partial charge in [0.1, 0.15) is 5.82 Å². The number of nitrogens with zero attached hydrogens (tertiary/aromatic N) is 1. The van der Waals surface area contributed by atoms with Crippen LogP contribution in [0.4, 0.5) is 4.39 Å². The number of aliphatic imine (C=N–C) groups is 1. The van der Waals surface area contributed by atoms with Crippen LogP contribution in [0.25, 0.3) is 0 Å². The summed E-state index contributed by atoms with van der Waals surface area (Å²) in [5.41, 5.74) is 0.653. The first-order valence-electron chi connectivity index (χ1n) is 6.59. The van der Waals surface area contributed by atoms with Crippen molar-refractivity contribution in [3.05, 3.63) is 35.6 Å². The van der Waals surface area contributed by atoms with Gasteiger partial charge in [-0.1, -0.05) is 18.2 Å². The summed E-state index contributed by atoms with van der Waals surface area (Å²) in [6, 6.07) is 6.79. The quantitative estimate of drug-likeness (QED) is 0.456. The van der Waals surface area contributed by atoms with E-state index in [2.05, 4.69) is 15.6 Å². The molecule has 0 spiro atoms. The molecule has 0 amide bonds. The van der Waals surface area contributed by atoms with Crippen molar-refractivity contribution in [3.63, 3.8) is 0 Å². The normalized spacial score (nSPS) is 18.5. The molecule has 20 heavy (non-hydrogen) atoms. The second-order valence-electron chi connectivity index (χ2n) is 4.53. The maximum atomic E-state index is 13.5. The number of benzene rings is 1. The summed E-state index contributed by atoms with van der Waals surface area (Å²) in [5, 5.41) is 7.11. The summed E-state index contributed by atoms with van der Waals surface area (Å²) < 4.78 is 13.5. The van der Waals surface area contributed by atoms with Crippen LogP contribution in [0.2, 0.25) is 0 Å². The summed E-state index contributed by atoms with van der Waals surface area (Å²) >= 11 is 2.01. The Kier molecular flexibility index (Phi) is 8.28. The first-order valence-corrected chi connectivity index (χ1v) is 7.64. The predicted octanol–water partition coefficient (Wildman–Crippen LogP) is 3.00. The highest BCUT2D eigenvalue weighted by atomic mass is 127. The van der Waals surface area contributed by atoms with Crippen molar-refractivity contribution in [2.75, 3.05) is 19.3 Å². The third-order valence-electron chi connectivity index (χ3n) is 3.15. The van der Waals surface area contributed by atoms with Gasteiger partial charge in [0.25, 0.3) is 0 Å². The van der Waals surface area contributed by atoms with Gasteiger partial charge in [0.2, 0.25) is 0 Å². The molecule has 1 atom stereocenters. The van der Waals surface area contributed by atoms with Crippen LogP contribution < -0.4 is 10.6 Å². The lowest BCUT2D eigenvalue weighted by molar-refractivity contribution is 0.604. The zero-order chi connectivity index (χ0) is 13.5. The van der Waals surface area contributed by atoms with Crippen molar-refractivity contribution in [1.29, 1.82) is 0 Å². The largest absolute Gasteiger partial charge is 0.355 e. The van der Waals surface area contributed by atoms with Crippen molar-refractivity contribution in [2.24, 2.45) is 4.99 Å². The fourth-order valence-electron chi connectivity index (χ4n) is 2.06. The Morgan fingerprint density at radius 3 is 2.85 bits per heavy atom. The lowest BCUT2D eigenvalue weighted by Gasteiger charge is -2.15. The number of nitrogens with one attached hydrogen (secondary N) is 2. The molecule has 1 heterocycles. The Balaban J connectivity index is 0.00000200. The van der Waals surface area contributed by atoms with Crippen LogP contribution in [-0.2, 0) is 6.54 Å². The van der Waals surface area contributed by atoms with E-state index in [1.807, 2.05) is 17.8 Å². The summed E-state index contributed by atoms with van der Waals surface area (Å²) in [7, 11) is 1.73. The molecule has 1 aromatic rings. The summed E-state index contributed by atoms with van der Waals surface area (Å²) in [4.78, 5) is 4.16. The smallest absolute Gasteiger partial charge is 0.191 e. The SMILES string of the molecule is CN=C(NCc1ccccc1F)NCC1CCCS1.I. The summed E-state index contributed by atoms with van der Waals surface area (Å²) in [6.45, 7) is 1.37. The van der Waals surface area contributed by atoms with Gasteiger partial charge in [-0.15, -0.1) is 24.0 Å². The molecule has 3 nitrogen and oxygen atoms in total. The van der Waals surface area contributed by atoms with Crippen molar-refractivity contribution < 1.29 is 4.39 Å². The van der Waals surface area contributed by atoms with Crippen molar-refractivity contribution in [3.8, 4) is 0 Å². The molecule has 112 valence electrons. The fraction of sp³-hybridized carbons (Fsp3) is 0.500. The van der Waals surface area contributed by atoms with Gasteiger partial charge in [0.05, 0.1) is 0 Å². The Morgan fingerprint density at radius 2 is 2.20 bits per heavy atom. The van der Waals surface area contributed by atoms with Gasteiger partial charge in [-0.3, -0.25) is 4.99 Å². The van der Waals surface area contributed by atoms with Gasteiger partial charge in [-0.25, -0.2) is 4.39 Å². The van der Waals surface area contributed by atoms with E-state index in [1.54, 1.807) is 19.2 Å². The summed E-state index contributed by atoms with van der Waals surface area (Å²) in [6.07, 6.45) is 2.57. The van der Waals surface area contributed by atoms with Gasteiger partial charge >= 0.3 is 0 Å². The van der Waals surface area contributed by atoms with E-state index in [-0.39, 0.29) is 29.8 Å². The van der Waals surface area contributed by atoms with Crippen LogP contribution in [0.1, 0.15) is 18.4 Å². The Bertz CT molecular complexity index is 436. The number of hydrogen-bond donors (Lipinski definition) is 2. The molecule has 6 heteroatoms. The molecule has 0 bridgehead atoms. The molecule has 1 aliphatic rings. The highest BCUT2D eigenvalue weighted by molar-refractivity contribution is 14.0. The highest BCUT2D eigenvalue weighted by Crippen LogP contribution is 2.25. The maximum absolute atomic E-state index is 13.5. The van der Waals surface area contributed by atoms with E-state index in [1.165, 1.54) is 24.7 Å². The zero-order valence-corrected chi connectivity index (χ0v) is 14.7. The topological polar surface area (TPSA) is 36.4 Å². The average Bonchev–Trinajstić information content (AvgIpc) is 2.94. The molecular formula is C14H21FIN3S. The first kappa shape index (κ1) is 17.6. The van der Waals surface area contributed by atoms with Crippen LogP contribution in [0.15, 0.2) is 29.3 Å². The number of thioether (sulfide) groups is 1. The monoisotopic (exact) mass is 409 g/mol. The molecule has 1 saturated heterocycles. The standard InChI is InChI=1S/C14H20FN3S.HI/c1-16-14(18-10-12-6-4-8-19-12)17-9-11-5-2-3-7-13(11)15;/h2-3,5,7,12H,4,6,8-10H2,1H3,(H2,16,17,18);1H. The number of rotatable bonds is 4. The van der Waals surface area contributed by atoms with Gasteiger partial charge in [0.15, 0.2) is 5.96 Å². The average molecular weight is 409 g/mol. The third kappa shape index (κ3) is 5.47. The van der Waals surface area contributed by atoms with E-state index in [0.29, 0.717) is 17.4 Å². The van der Waals surface area contributed by atoms with Crippen LogP contribution in [0, 0.1) is 5.82 Å². The van der Waals surface area contributed by atoms with Crippen molar-refractivity contribution >= 4 is 41.7 Å². The Labute approximate surface area is 141 Å². The van der Waals surface area contributed by atoms with Crippen LogP contribution >= 0.6 is 35.7 Å². The third-order valence-corrected chi connectivity index (χ3v) is 4.55. The van der Waals surface area contributed by atoms with Crippen molar-refractivity contribution in [2.45, 2.75) is 24.6 Å². The molecule has 0 aromatic heterocycles. The molecule has 2 rings (SSSR count). The maximum Gasteiger partial charge on any atom is 0.191 e. The number of hydrogen-bond acceptors (Lipinski definition) is 2. The lowest BCUT2D eigenvalue weighted by Crippen LogP contribution is -2.39. The molecular weight excluding hydrogens is 388 g/mol. The molecule has 1 aromatic carbocycles. The first-order chi connectivity index (χ1) is 9.29. The van der Waals surface area contributed by atoms with E-state index >= 15 is 0 Å². The molecule has 0 saturated carbocycles. The van der Waals surface area contributed by atoms with E-state index in [9.17, 15) is 4.39 Å². The molecule has 0 aliphatic carbocycles. The number of halogens is 2. The van der Waals surface area contributed by atoms with E-state index in [0.717, 1.165) is 12.5 Å². The second-order valence-corrected chi connectivity index (χ2v) is 5.94. The van der Waals surface area contributed by atoms with Crippen molar-refractivity contribution in [1.82, 2.24) is 10.6 Å². The van der Waals surface area contributed by atoms with Gasteiger partial charge < -0.3 is 10.6 Å². The molecule has 1 unspecified atom stereocenters. The van der Waals surface area contributed by atoms with Gasteiger partial charge in [-0.05, 0) is 24.7 Å². The Hall–Kier alpha value is -0.500.